The van der Waals surface area contributed by atoms with Crippen LogP contribution in [0.1, 0.15) is 35.9 Å². The van der Waals surface area contributed by atoms with Crippen molar-refractivity contribution in [3.05, 3.63) is 29.3 Å². The summed E-state index contributed by atoms with van der Waals surface area (Å²) < 4.78 is 10.8. The van der Waals surface area contributed by atoms with Gasteiger partial charge in [0.25, 0.3) is 0 Å². The number of hydrogen-bond acceptors (Lipinski definition) is 3. The highest BCUT2D eigenvalue weighted by Crippen LogP contribution is 2.55. The summed E-state index contributed by atoms with van der Waals surface area (Å²) in [6.45, 7) is 3.90. The molecule has 0 N–H and O–H groups in total. The van der Waals surface area contributed by atoms with E-state index in [2.05, 4.69) is 0 Å². The van der Waals surface area contributed by atoms with Gasteiger partial charge in [-0.05, 0) is 37.6 Å². The number of Topliss-reactive ketones (excluding diaryl/α,β-unsaturated/α-hetero) is 1. The average molecular weight is 218 g/mol. The Kier molecular flexibility index (Phi) is 1.76. The number of ketones is 1. The second-order valence-electron chi connectivity index (χ2n) is 4.98. The second-order valence-corrected chi connectivity index (χ2v) is 4.98. The van der Waals surface area contributed by atoms with Crippen molar-refractivity contribution >= 4 is 5.78 Å². The lowest BCUT2D eigenvalue weighted by Crippen LogP contribution is -2.34. The van der Waals surface area contributed by atoms with Crippen molar-refractivity contribution in [2.45, 2.75) is 26.1 Å². The van der Waals surface area contributed by atoms with Crippen molar-refractivity contribution in [3.63, 3.8) is 0 Å². The number of epoxide rings is 1. The van der Waals surface area contributed by atoms with E-state index < -0.39 is 5.41 Å². The van der Waals surface area contributed by atoms with Gasteiger partial charge >= 0.3 is 0 Å². The maximum atomic E-state index is 12.3. The van der Waals surface area contributed by atoms with Gasteiger partial charge in [0.2, 0.25) is 0 Å². The third-order valence-corrected chi connectivity index (χ3v) is 3.60. The van der Waals surface area contributed by atoms with Crippen molar-refractivity contribution < 1.29 is 14.3 Å². The van der Waals surface area contributed by atoms with Crippen LogP contribution in [-0.4, -0.2) is 19.0 Å². The van der Waals surface area contributed by atoms with E-state index in [-0.39, 0.29) is 18.0 Å². The standard InChI is InChI=1S/C13H14O3/c1-13(2)11(14)8-5-4-7(15-3)6-9(8)10-12(13)16-10/h4-6,10,12H,1-3H3/t10-,12-/m0/s1. The lowest BCUT2D eigenvalue weighted by molar-refractivity contribution is 0.0792. The van der Waals surface area contributed by atoms with Crippen molar-refractivity contribution in [2.75, 3.05) is 7.11 Å². The van der Waals surface area contributed by atoms with Crippen molar-refractivity contribution in [1.82, 2.24) is 0 Å². The quantitative estimate of drug-likeness (QED) is 0.679. The molecule has 0 radical (unpaired) electrons. The molecule has 84 valence electrons. The fourth-order valence-corrected chi connectivity index (χ4v) is 2.48. The Hall–Kier alpha value is -1.35. The predicted molar refractivity (Wildman–Crippen MR) is 58.7 cm³/mol. The first-order valence-electron chi connectivity index (χ1n) is 5.44. The van der Waals surface area contributed by atoms with Crippen molar-refractivity contribution in [3.8, 4) is 5.75 Å². The van der Waals surface area contributed by atoms with Crippen LogP contribution < -0.4 is 4.74 Å². The second kappa shape index (κ2) is 2.86. The Balaban J connectivity index is 2.15. The highest BCUT2D eigenvalue weighted by molar-refractivity contribution is 6.03. The minimum Gasteiger partial charge on any atom is -0.497 e. The van der Waals surface area contributed by atoms with Crippen LogP contribution in [0.25, 0.3) is 0 Å². The summed E-state index contributed by atoms with van der Waals surface area (Å²) in [7, 11) is 1.63. The van der Waals surface area contributed by atoms with Crippen molar-refractivity contribution in [2.24, 2.45) is 5.41 Å². The predicted octanol–water partition coefficient (Wildman–Crippen LogP) is 2.36. The minimum absolute atomic E-state index is 0.0413. The van der Waals surface area contributed by atoms with Gasteiger partial charge in [0.05, 0.1) is 12.5 Å². The zero-order valence-corrected chi connectivity index (χ0v) is 9.61. The molecule has 0 saturated carbocycles. The molecule has 0 unspecified atom stereocenters. The van der Waals surface area contributed by atoms with E-state index >= 15 is 0 Å². The maximum Gasteiger partial charge on any atom is 0.171 e. The summed E-state index contributed by atoms with van der Waals surface area (Å²) in [5, 5.41) is 0. The summed E-state index contributed by atoms with van der Waals surface area (Å²) in [4.78, 5) is 12.3. The molecule has 1 fully saturated rings. The number of rotatable bonds is 1. The molecule has 2 aliphatic rings. The van der Waals surface area contributed by atoms with E-state index in [0.717, 1.165) is 16.9 Å². The fourth-order valence-electron chi connectivity index (χ4n) is 2.48. The highest BCUT2D eigenvalue weighted by Gasteiger charge is 2.58. The molecule has 1 heterocycles. The lowest BCUT2D eigenvalue weighted by atomic mass is 9.73. The van der Waals surface area contributed by atoms with Gasteiger partial charge in [0, 0.05) is 5.56 Å². The molecule has 3 nitrogen and oxygen atoms in total. The number of carbonyl (C=O) groups excluding carboxylic acids is 1. The number of ether oxygens (including phenoxy) is 2. The molecule has 16 heavy (non-hydrogen) atoms. The molecule has 0 spiro atoms. The van der Waals surface area contributed by atoms with Gasteiger partial charge in [0.1, 0.15) is 18.0 Å². The third kappa shape index (κ3) is 1.09. The molecule has 0 aromatic heterocycles. The molecule has 2 atom stereocenters. The van der Waals surface area contributed by atoms with E-state index in [9.17, 15) is 4.79 Å². The molecule has 1 saturated heterocycles. The Morgan fingerprint density at radius 2 is 2.12 bits per heavy atom. The molecular formula is C13H14O3. The van der Waals surface area contributed by atoms with E-state index in [4.69, 9.17) is 9.47 Å². The van der Waals surface area contributed by atoms with Crippen LogP contribution in [0.15, 0.2) is 18.2 Å². The Morgan fingerprint density at radius 1 is 1.38 bits per heavy atom. The van der Waals surface area contributed by atoms with Crippen LogP contribution >= 0.6 is 0 Å². The molecule has 1 aromatic rings. The van der Waals surface area contributed by atoms with Crippen LogP contribution in [0.3, 0.4) is 0 Å². The van der Waals surface area contributed by atoms with E-state index in [1.54, 1.807) is 7.11 Å². The Labute approximate surface area is 94.4 Å². The van der Waals surface area contributed by atoms with Gasteiger partial charge in [-0.25, -0.2) is 0 Å². The van der Waals surface area contributed by atoms with Gasteiger partial charge in [-0.15, -0.1) is 0 Å². The SMILES string of the molecule is COc1ccc2c(c1)[C@@H]1O[C@@H]1C(C)(C)C2=O. The number of fused-ring (bicyclic) bond motifs is 3. The van der Waals surface area contributed by atoms with E-state index in [1.807, 2.05) is 32.0 Å². The zero-order valence-electron chi connectivity index (χ0n) is 9.61. The fraction of sp³-hybridized carbons (Fsp3) is 0.462. The van der Waals surface area contributed by atoms with Crippen LogP contribution in [0.2, 0.25) is 0 Å². The summed E-state index contributed by atoms with van der Waals surface area (Å²) in [5.41, 5.74) is 1.37. The average Bonchev–Trinajstić information content (AvgIpc) is 3.06. The first-order chi connectivity index (χ1) is 7.55. The molecule has 0 bridgehead atoms. The summed E-state index contributed by atoms with van der Waals surface area (Å²) in [5.74, 6) is 0.949. The largest absolute Gasteiger partial charge is 0.497 e. The molecular weight excluding hydrogens is 204 g/mol. The zero-order chi connectivity index (χ0) is 11.5. The highest BCUT2D eigenvalue weighted by atomic mass is 16.6. The molecule has 0 amide bonds. The first-order valence-corrected chi connectivity index (χ1v) is 5.44. The monoisotopic (exact) mass is 218 g/mol. The Morgan fingerprint density at radius 3 is 2.81 bits per heavy atom. The summed E-state index contributed by atoms with van der Waals surface area (Å²) in [6, 6.07) is 5.58. The van der Waals surface area contributed by atoms with Crippen LogP contribution in [0.5, 0.6) is 5.75 Å². The van der Waals surface area contributed by atoms with Gasteiger partial charge in [-0.2, -0.15) is 0 Å². The van der Waals surface area contributed by atoms with Crippen LogP contribution in [0, 0.1) is 5.41 Å². The Bertz CT molecular complexity index is 476. The number of carbonyl (C=O) groups is 1. The number of benzene rings is 1. The smallest absolute Gasteiger partial charge is 0.171 e. The van der Waals surface area contributed by atoms with Gasteiger partial charge in [-0.1, -0.05) is 0 Å². The minimum atomic E-state index is -0.397. The summed E-state index contributed by atoms with van der Waals surface area (Å²) >= 11 is 0. The van der Waals surface area contributed by atoms with Crippen LogP contribution in [-0.2, 0) is 4.74 Å². The molecule has 1 aliphatic carbocycles. The number of hydrogen-bond donors (Lipinski definition) is 0. The van der Waals surface area contributed by atoms with Crippen molar-refractivity contribution in [1.29, 1.82) is 0 Å². The maximum absolute atomic E-state index is 12.3. The van der Waals surface area contributed by atoms with Gasteiger partial charge in [-0.3, -0.25) is 4.79 Å². The van der Waals surface area contributed by atoms with E-state index in [1.165, 1.54) is 0 Å². The molecule has 1 aliphatic heterocycles. The van der Waals surface area contributed by atoms with Gasteiger partial charge in [0.15, 0.2) is 5.78 Å². The molecule has 3 heteroatoms. The summed E-state index contributed by atoms with van der Waals surface area (Å²) in [6.07, 6.45) is 0.123. The number of methoxy groups -OCH3 is 1. The molecule has 1 aromatic carbocycles. The normalized spacial score (nSPS) is 29.3. The topological polar surface area (TPSA) is 38.8 Å². The van der Waals surface area contributed by atoms with E-state index in [0.29, 0.717) is 0 Å². The first kappa shape index (κ1) is 9.85. The lowest BCUT2D eigenvalue weighted by Gasteiger charge is -2.26. The molecule has 3 rings (SSSR count). The third-order valence-electron chi connectivity index (χ3n) is 3.60. The van der Waals surface area contributed by atoms with Gasteiger partial charge < -0.3 is 9.47 Å². The van der Waals surface area contributed by atoms with Crippen LogP contribution in [0.4, 0.5) is 0 Å².